The molecule has 0 aliphatic carbocycles. The van der Waals surface area contributed by atoms with Crippen LogP contribution in [0.25, 0.3) is 42.8 Å². The average molecular weight is 613 g/mol. The number of carbonyl (C=O) groups excluding carboxylic acids is 1. The van der Waals surface area contributed by atoms with Crippen LogP contribution < -0.4 is 0 Å². The summed E-state index contributed by atoms with van der Waals surface area (Å²) in [7, 11) is 5.49. The lowest BCUT2D eigenvalue weighted by atomic mass is 9.92. The van der Waals surface area contributed by atoms with Crippen LogP contribution in [0.5, 0.6) is 0 Å². The number of carbonyl (C=O) groups is 1. The van der Waals surface area contributed by atoms with E-state index in [4.69, 9.17) is 24.3 Å². The second-order valence-corrected chi connectivity index (χ2v) is 12.7. The molecule has 1 saturated heterocycles. The molecule has 0 saturated carbocycles. The highest BCUT2D eigenvalue weighted by Gasteiger charge is 2.36. The van der Waals surface area contributed by atoms with Gasteiger partial charge < -0.3 is 14.2 Å². The van der Waals surface area contributed by atoms with E-state index in [0.717, 1.165) is 67.3 Å². The van der Waals surface area contributed by atoms with Gasteiger partial charge in [-0.05, 0) is 61.7 Å². The Morgan fingerprint density at radius 2 is 1.73 bits per heavy atom. The lowest BCUT2D eigenvalue weighted by molar-refractivity contribution is -0.142. The molecule has 9 heteroatoms. The number of likely N-dealkylation sites (tertiary alicyclic amines) is 1. The molecule has 1 fully saturated rings. The van der Waals surface area contributed by atoms with Crippen LogP contribution in [0.4, 0.5) is 0 Å². The minimum atomic E-state index is -0.215. The summed E-state index contributed by atoms with van der Waals surface area (Å²) in [6, 6.07) is 17.4. The smallest absolute Gasteiger partial charge is 0.310 e. The molecule has 3 heterocycles. The first kappa shape index (κ1) is 30.4. The quantitative estimate of drug-likeness (QED) is 0.162. The molecule has 0 spiro atoms. The van der Waals surface area contributed by atoms with Gasteiger partial charge in [-0.25, -0.2) is 4.98 Å². The molecule has 2 aromatic heterocycles. The molecule has 1 aliphatic heterocycles. The molecular formula is C35H40N4O4S. The van der Waals surface area contributed by atoms with E-state index in [1.807, 2.05) is 18.7 Å². The van der Waals surface area contributed by atoms with Crippen molar-refractivity contribution < 1.29 is 19.0 Å². The Kier molecular flexibility index (Phi) is 8.82. The highest BCUT2D eigenvalue weighted by molar-refractivity contribution is 7.22. The summed E-state index contributed by atoms with van der Waals surface area (Å²) in [5.74, 6) is 0.134. The number of hydrogen-bond acceptors (Lipinski definition) is 8. The van der Waals surface area contributed by atoms with Crippen LogP contribution in [0.2, 0.25) is 0 Å². The largest absolute Gasteiger partial charge is 0.466 e. The maximum atomic E-state index is 12.7. The first-order valence-corrected chi connectivity index (χ1v) is 16.0. The number of esters is 1. The number of ether oxygens (including phenoxy) is 3. The Bertz CT molecular complexity index is 1800. The third kappa shape index (κ3) is 5.77. The molecule has 0 bridgehead atoms. The zero-order valence-electron chi connectivity index (χ0n) is 26.3. The summed E-state index contributed by atoms with van der Waals surface area (Å²) in [6.07, 6.45) is 0.227. The van der Waals surface area contributed by atoms with E-state index in [1.165, 1.54) is 10.9 Å². The third-order valence-corrected chi connectivity index (χ3v) is 9.77. The summed E-state index contributed by atoms with van der Waals surface area (Å²) < 4.78 is 19.3. The minimum absolute atomic E-state index is 0.215. The molecule has 44 heavy (non-hydrogen) atoms. The molecule has 0 amide bonds. The molecule has 3 aromatic carbocycles. The Hall–Kier alpha value is -3.63. The standard InChI is InChI=1S/C35H40N4O4S/c1-7-43-31(40)16-27-22(3)14-29-34(32(27)23-10-8-21(2)9-11-23)44-35(36-29)24-12-13-30-28(15-24)33(37-38(30)4)25-17-39(18-25)26(19-41-5)20-42-6/h8-15,25-26H,7,16-20H2,1-6H3. The molecule has 8 nitrogen and oxygen atoms in total. The van der Waals surface area contributed by atoms with Crippen LogP contribution in [0, 0.1) is 13.8 Å². The second-order valence-electron chi connectivity index (χ2n) is 11.7. The zero-order valence-corrected chi connectivity index (χ0v) is 27.2. The number of aromatic nitrogens is 3. The number of benzene rings is 3. The Balaban J connectivity index is 1.40. The molecule has 1 aliphatic rings. The molecule has 0 atom stereocenters. The summed E-state index contributed by atoms with van der Waals surface area (Å²) in [5.41, 5.74) is 9.62. The molecule has 0 unspecified atom stereocenters. The fourth-order valence-electron chi connectivity index (χ4n) is 6.32. The van der Waals surface area contributed by atoms with E-state index in [0.29, 0.717) is 25.7 Å². The summed E-state index contributed by atoms with van der Waals surface area (Å²) in [4.78, 5) is 20.2. The Morgan fingerprint density at radius 3 is 2.41 bits per heavy atom. The number of nitrogens with zero attached hydrogens (tertiary/aromatic N) is 4. The van der Waals surface area contributed by atoms with Gasteiger partial charge in [-0.1, -0.05) is 29.8 Å². The van der Waals surface area contributed by atoms with Crippen molar-refractivity contribution in [1.29, 1.82) is 0 Å². The molecule has 0 radical (unpaired) electrons. The highest BCUT2D eigenvalue weighted by atomic mass is 32.1. The van der Waals surface area contributed by atoms with Crippen LogP contribution in [0.3, 0.4) is 0 Å². The van der Waals surface area contributed by atoms with Crippen molar-refractivity contribution >= 4 is 38.4 Å². The van der Waals surface area contributed by atoms with Gasteiger partial charge >= 0.3 is 5.97 Å². The SMILES string of the molecule is CCOC(=O)Cc1c(C)cc2nc(-c3ccc4c(c3)c(C3CN(C(COC)COC)C3)nn4C)sc2c1-c1ccc(C)cc1. The second kappa shape index (κ2) is 12.8. The van der Waals surface area contributed by atoms with Gasteiger partial charge in [0.15, 0.2) is 0 Å². The Morgan fingerprint density at radius 1 is 1.02 bits per heavy atom. The lowest BCUT2D eigenvalue weighted by Crippen LogP contribution is -2.54. The van der Waals surface area contributed by atoms with Crippen molar-refractivity contribution in [1.82, 2.24) is 19.7 Å². The average Bonchev–Trinajstić information content (AvgIpc) is 3.54. The van der Waals surface area contributed by atoms with Crippen LogP contribution in [-0.2, 0) is 32.5 Å². The van der Waals surface area contributed by atoms with Gasteiger partial charge in [0.2, 0.25) is 0 Å². The summed E-state index contributed by atoms with van der Waals surface area (Å²) in [6.45, 7) is 9.51. The van der Waals surface area contributed by atoms with E-state index in [1.54, 1.807) is 25.6 Å². The van der Waals surface area contributed by atoms with E-state index >= 15 is 0 Å². The number of hydrogen-bond donors (Lipinski definition) is 0. The topological polar surface area (TPSA) is 78.7 Å². The normalized spacial score (nSPS) is 14.2. The minimum Gasteiger partial charge on any atom is -0.466 e. The predicted octanol–water partition coefficient (Wildman–Crippen LogP) is 6.30. The predicted molar refractivity (Wildman–Crippen MR) is 176 cm³/mol. The first-order chi connectivity index (χ1) is 21.3. The van der Waals surface area contributed by atoms with E-state index in [-0.39, 0.29) is 18.4 Å². The van der Waals surface area contributed by atoms with Crippen molar-refractivity contribution in [3.8, 4) is 21.7 Å². The number of methoxy groups -OCH3 is 2. The highest BCUT2D eigenvalue weighted by Crippen LogP contribution is 2.42. The van der Waals surface area contributed by atoms with Crippen LogP contribution in [0.1, 0.15) is 35.2 Å². The molecule has 6 rings (SSSR count). The van der Waals surface area contributed by atoms with Crippen LogP contribution in [-0.4, -0.2) is 78.8 Å². The van der Waals surface area contributed by atoms with Crippen LogP contribution in [0.15, 0.2) is 48.5 Å². The van der Waals surface area contributed by atoms with Crippen molar-refractivity contribution in [2.45, 2.75) is 39.2 Å². The van der Waals surface area contributed by atoms with Crippen molar-refractivity contribution in [3.05, 3.63) is 70.9 Å². The van der Waals surface area contributed by atoms with Crippen molar-refractivity contribution in [2.75, 3.05) is 47.1 Å². The number of thiazole rings is 1. The molecular weight excluding hydrogens is 572 g/mol. The van der Waals surface area contributed by atoms with Crippen LogP contribution >= 0.6 is 11.3 Å². The first-order valence-electron chi connectivity index (χ1n) is 15.2. The van der Waals surface area contributed by atoms with E-state index < -0.39 is 0 Å². The van der Waals surface area contributed by atoms with Gasteiger partial charge in [-0.15, -0.1) is 11.3 Å². The van der Waals surface area contributed by atoms with Gasteiger partial charge in [-0.3, -0.25) is 14.4 Å². The maximum absolute atomic E-state index is 12.7. The summed E-state index contributed by atoms with van der Waals surface area (Å²) in [5, 5.41) is 7.09. The lowest BCUT2D eigenvalue weighted by Gasteiger charge is -2.43. The van der Waals surface area contributed by atoms with Gasteiger partial charge in [-0.2, -0.15) is 5.10 Å². The Labute approximate surface area is 262 Å². The number of aryl methyl sites for hydroxylation is 3. The zero-order chi connectivity index (χ0) is 31.0. The van der Waals surface area contributed by atoms with Gasteiger partial charge in [0.25, 0.3) is 0 Å². The van der Waals surface area contributed by atoms with Crippen molar-refractivity contribution in [3.63, 3.8) is 0 Å². The molecule has 230 valence electrons. The number of fused-ring (bicyclic) bond motifs is 2. The maximum Gasteiger partial charge on any atom is 0.310 e. The molecule has 0 N–H and O–H groups in total. The van der Waals surface area contributed by atoms with Crippen molar-refractivity contribution in [2.24, 2.45) is 7.05 Å². The fraction of sp³-hybridized carbons (Fsp3) is 0.400. The summed E-state index contributed by atoms with van der Waals surface area (Å²) >= 11 is 1.68. The fourth-order valence-corrected chi connectivity index (χ4v) is 7.46. The third-order valence-electron chi connectivity index (χ3n) is 8.63. The van der Waals surface area contributed by atoms with Gasteiger partial charge in [0.05, 0.1) is 53.7 Å². The van der Waals surface area contributed by atoms with Gasteiger partial charge in [0.1, 0.15) is 5.01 Å². The van der Waals surface area contributed by atoms with E-state index in [2.05, 4.69) is 67.3 Å². The van der Waals surface area contributed by atoms with E-state index in [9.17, 15) is 4.79 Å². The molecule has 5 aromatic rings. The number of rotatable bonds is 11. The van der Waals surface area contributed by atoms with Gasteiger partial charge in [0, 0.05) is 56.8 Å². The monoisotopic (exact) mass is 612 g/mol.